The van der Waals surface area contributed by atoms with Gasteiger partial charge in [0.15, 0.2) is 5.82 Å². The van der Waals surface area contributed by atoms with Gasteiger partial charge >= 0.3 is 0 Å². The fourth-order valence-electron chi connectivity index (χ4n) is 2.43. The van der Waals surface area contributed by atoms with E-state index in [0.717, 1.165) is 33.9 Å². The van der Waals surface area contributed by atoms with Crippen molar-refractivity contribution in [2.24, 2.45) is 5.73 Å². The zero-order valence-electron chi connectivity index (χ0n) is 13.0. The van der Waals surface area contributed by atoms with Crippen LogP contribution in [0.1, 0.15) is 29.3 Å². The molecular weight excluding hydrogens is 264 g/mol. The zero-order chi connectivity index (χ0) is 15.6. The molecule has 1 aromatic heterocycles. The van der Waals surface area contributed by atoms with Gasteiger partial charge in [0.25, 0.3) is 0 Å². The van der Waals surface area contributed by atoms with Crippen molar-refractivity contribution < 1.29 is 5.11 Å². The first kappa shape index (κ1) is 15.3. The Balaban J connectivity index is 2.62. The Labute approximate surface area is 125 Å². The highest BCUT2D eigenvalue weighted by Crippen LogP contribution is 2.32. The van der Waals surface area contributed by atoms with Gasteiger partial charge in [-0.05, 0) is 44.9 Å². The van der Waals surface area contributed by atoms with Crippen molar-refractivity contribution in [1.82, 2.24) is 10.2 Å². The van der Waals surface area contributed by atoms with Crippen LogP contribution in [-0.4, -0.2) is 21.8 Å². The number of benzene rings is 1. The minimum absolute atomic E-state index is 0.236. The molecule has 2 aromatic rings. The summed E-state index contributed by atoms with van der Waals surface area (Å²) in [6, 6.07) is 5.32. The van der Waals surface area contributed by atoms with E-state index in [1.807, 2.05) is 38.7 Å². The Morgan fingerprint density at radius 3 is 2.52 bits per heavy atom. The summed E-state index contributed by atoms with van der Waals surface area (Å²) in [6.07, 6.45) is 0. The molecule has 0 bridgehead atoms. The molecule has 0 unspecified atom stereocenters. The summed E-state index contributed by atoms with van der Waals surface area (Å²) in [5, 5.41) is 18.3. The molecule has 3 N–H and O–H groups in total. The number of hydrogen-bond donors (Lipinski definition) is 2. The summed E-state index contributed by atoms with van der Waals surface area (Å²) in [5.74, 6) is 0.997. The summed E-state index contributed by atoms with van der Waals surface area (Å²) in [7, 11) is 0. The Hall–Kier alpha value is -2.14. The number of aryl methyl sites for hydroxylation is 2. The van der Waals surface area contributed by atoms with E-state index in [1.54, 1.807) is 12.1 Å². The maximum atomic E-state index is 9.77. The molecule has 21 heavy (non-hydrogen) atoms. The molecule has 0 saturated carbocycles. The number of rotatable bonds is 4. The van der Waals surface area contributed by atoms with Crippen LogP contribution in [-0.2, 0) is 6.54 Å². The molecule has 0 saturated heterocycles. The average Bonchev–Trinajstić information content (AvgIpc) is 2.47. The van der Waals surface area contributed by atoms with Gasteiger partial charge in [-0.15, -0.1) is 5.10 Å². The standard InChI is InChI=1S/C16H22N4O/c1-5-20(15-8-13(21)7-6-10(15)2)16-14(9-17)11(3)12(4)18-19-16/h6-8,21H,5,9,17H2,1-4H3. The van der Waals surface area contributed by atoms with Gasteiger partial charge in [-0.2, -0.15) is 5.10 Å². The minimum Gasteiger partial charge on any atom is -0.508 e. The number of anilines is 2. The van der Waals surface area contributed by atoms with Gasteiger partial charge in [-0.3, -0.25) is 0 Å². The van der Waals surface area contributed by atoms with Gasteiger partial charge in [0.1, 0.15) is 5.75 Å². The van der Waals surface area contributed by atoms with Crippen LogP contribution in [0, 0.1) is 20.8 Å². The van der Waals surface area contributed by atoms with Crippen LogP contribution in [0.25, 0.3) is 0 Å². The highest BCUT2D eigenvalue weighted by Gasteiger charge is 2.18. The summed E-state index contributed by atoms with van der Waals surface area (Å²) < 4.78 is 0. The van der Waals surface area contributed by atoms with Crippen molar-refractivity contribution >= 4 is 11.5 Å². The molecule has 1 aromatic carbocycles. The van der Waals surface area contributed by atoms with Crippen molar-refractivity contribution in [2.75, 3.05) is 11.4 Å². The molecule has 5 heteroatoms. The predicted octanol–water partition coefficient (Wildman–Crippen LogP) is 2.72. The van der Waals surface area contributed by atoms with E-state index in [0.29, 0.717) is 13.1 Å². The molecular formula is C16H22N4O. The number of hydrogen-bond acceptors (Lipinski definition) is 5. The molecule has 0 radical (unpaired) electrons. The molecule has 2 rings (SSSR count). The monoisotopic (exact) mass is 286 g/mol. The molecule has 0 spiro atoms. The fourth-order valence-corrected chi connectivity index (χ4v) is 2.43. The van der Waals surface area contributed by atoms with Crippen molar-refractivity contribution in [2.45, 2.75) is 34.2 Å². The number of nitrogens with zero attached hydrogens (tertiary/aromatic N) is 3. The minimum atomic E-state index is 0.236. The van der Waals surface area contributed by atoms with Gasteiger partial charge in [0.2, 0.25) is 0 Å². The van der Waals surface area contributed by atoms with Gasteiger partial charge in [-0.1, -0.05) is 6.07 Å². The molecule has 0 aliphatic carbocycles. The van der Waals surface area contributed by atoms with E-state index < -0.39 is 0 Å². The third kappa shape index (κ3) is 2.83. The quantitative estimate of drug-likeness (QED) is 0.904. The normalized spacial score (nSPS) is 10.7. The Morgan fingerprint density at radius 2 is 1.90 bits per heavy atom. The molecule has 0 aliphatic heterocycles. The second-order valence-electron chi connectivity index (χ2n) is 5.13. The molecule has 0 amide bonds. The van der Waals surface area contributed by atoms with Gasteiger partial charge in [-0.25, -0.2) is 0 Å². The van der Waals surface area contributed by atoms with Crippen LogP contribution in [0.2, 0.25) is 0 Å². The first-order chi connectivity index (χ1) is 9.99. The third-order valence-electron chi connectivity index (χ3n) is 3.82. The van der Waals surface area contributed by atoms with E-state index >= 15 is 0 Å². The topological polar surface area (TPSA) is 75.3 Å². The number of phenols is 1. The summed E-state index contributed by atoms with van der Waals surface area (Å²) in [5.41, 5.74) is 10.9. The SMILES string of the molecule is CCN(c1cc(O)ccc1C)c1nnc(C)c(C)c1CN. The Kier molecular flexibility index (Phi) is 4.43. The third-order valence-corrected chi connectivity index (χ3v) is 3.82. The van der Waals surface area contributed by atoms with E-state index in [2.05, 4.69) is 10.2 Å². The summed E-state index contributed by atoms with van der Waals surface area (Å²) >= 11 is 0. The van der Waals surface area contributed by atoms with Crippen molar-refractivity contribution in [3.8, 4) is 5.75 Å². The van der Waals surface area contributed by atoms with Crippen molar-refractivity contribution in [1.29, 1.82) is 0 Å². The fraction of sp³-hybridized carbons (Fsp3) is 0.375. The van der Waals surface area contributed by atoms with E-state index in [1.165, 1.54) is 0 Å². The molecule has 0 atom stereocenters. The lowest BCUT2D eigenvalue weighted by Crippen LogP contribution is -2.22. The van der Waals surface area contributed by atoms with Gasteiger partial charge in [0.05, 0.1) is 5.69 Å². The lowest BCUT2D eigenvalue weighted by molar-refractivity contribution is 0.475. The number of nitrogens with two attached hydrogens (primary N) is 1. The summed E-state index contributed by atoms with van der Waals surface area (Å²) in [6.45, 7) is 9.12. The van der Waals surface area contributed by atoms with E-state index in [9.17, 15) is 5.11 Å². The number of aromatic nitrogens is 2. The lowest BCUT2D eigenvalue weighted by atomic mass is 10.1. The first-order valence-electron chi connectivity index (χ1n) is 7.09. The first-order valence-corrected chi connectivity index (χ1v) is 7.09. The second-order valence-corrected chi connectivity index (χ2v) is 5.13. The Bertz CT molecular complexity index is 655. The largest absolute Gasteiger partial charge is 0.508 e. The van der Waals surface area contributed by atoms with Crippen molar-refractivity contribution in [3.05, 3.63) is 40.6 Å². The average molecular weight is 286 g/mol. The van der Waals surface area contributed by atoms with Crippen LogP contribution in [0.15, 0.2) is 18.2 Å². The zero-order valence-corrected chi connectivity index (χ0v) is 13.0. The second kappa shape index (κ2) is 6.10. The molecule has 0 fully saturated rings. The smallest absolute Gasteiger partial charge is 0.160 e. The lowest BCUT2D eigenvalue weighted by Gasteiger charge is -2.26. The van der Waals surface area contributed by atoms with E-state index in [4.69, 9.17) is 5.73 Å². The number of aromatic hydroxyl groups is 1. The molecule has 1 heterocycles. The number of phenolic OH excluding ortho intramolecular Hbond substituents is 1. The van der Waals surface area contributed by atoms with Crippen LogP contribution in [0.3, 0.4) is 0 Å². The Morgan fingerprint density at radius 1 is 1.19 bits per heavy atom. The maximum Gasteiger partial charge on any atom is 0.160 e. The van der Waals surface area contributed by atoms with Crippen LogP contribution < -0.4 is 10.6 Å². The molecule has 0 aliphatic rings. The maximum absolute atomic E-state index is 9.77. The predicted molar refractivity (Wildman–Crippen MR) is 84.9 cm³/mol. The molecule has 112 valence electrons. The van der Waals surface area contributed by atoms with Crippen LogP contribution in [0.4, 0.5) is 11.5 Å². The highest BCUT2D eigenvalue weighted by atomic mass is 16.3. The molecule has 5 nitrogen and oxygen atoms in total. The van der Waals surface area contributed by atoms with Gasteiger partial charge < -0.3 is 15.7 Å². The van der Waals surface area contributed by atoms with Crippen LogP contribution >= 0.6 is 0 Å². The van der Waals surface area contributed by atoms with E-state index in [-0.39, 0.29) is 5.75 Å². The highest BCUT2D eigenvalue weighted by molar-refractivity contribution is 5.68. The summed E-state index contributed by atoms with van der Waals surface area (Å²) in [4.78, 5) is 2.04. The van der Waals surface area contributed by atoms with Gasteiger partial charge in [0, 0.05) is 30.4 Å². The van der Waals surface area contributed by atoms with Crippen LogP contribution in [0.5, 0.6) is 5.75 Å². The van der Waals surface area contributed by atoms with Crippen molar-refractivity contribution in [3.63, 3.8) is 0 Å².